The van der Waals surface area contributed by atoms with Crippen molar-refractivity contribution in [2.24, 2.45) is 17.6 Å². The van der Waals surface area contributed by atoms with Gasteiger partial charge in [-0.2, -0.15) is 0 Å². The van der Waals surface area contributed by atoms with E-state index in [1.807, 2.05) is 12.3 Å². The lowest BCUT2D eigenvalue weighted by molar-refractivity contribution is 0.0955. The minimum absolute atomic E-state index is 0.596. The Morgan fingerprint density at radius 2 is 2.17 bits per heavy atom. The van der Waals surface area contributed by atoms with Gasteiger partial charge in [-0.25, -0.2) is 0 Å². The second-order valence-corrected chi connectivity index (χ2v) is 5.22. The normalized spacial score (nSPS) is 14.4. The molecule has 0 bridgehead atoms. The third kappa shape index (κ3) is 6.72. The van der Waals surface area contributed by atoms with Crippen LogP contribution in [0.4, 0.5) is 0 Å². The number of hydrogen-bond acceptors (Lipinski definition) is 3. The zero-order valence-corrected chi connectivity index (χ0v) is 11.6. The molecule has 102 valence electrons. The van der Waals surface area contributed by atoms with Gasteiger partial charge < -0.3 is 10.5 Å². The molecule has 2 N–H and O–H groups in total. The van der Waals surface area contributed by atoms with E-state index in [1.54, 1.807) is 6.20 Å². The summed E-state index contributed by atoms with van der Waals surface area (Å²) in [4.78, 5) is 4.10. The summed E-state index contributed by atoms with van der Waals surface area (Å²) in [5.41, 5.74) is 6.90. The van der Waals surface area contributed by atoms with Gasteiger partial charge >= 0.3 is 0 Å². The molecule has 2 unspecified atom stereocenters. The van der Waals surface area contributed by atoms with E-state index in [0.29, 0.717) is 11.8 Å². The van der Waals surface area contributed by atoms with E-state index < -0.39 is 0 Å². The molecule has 2 atom stereocenters. The van der Waals surface area contributed by atoms with Crippen LogP contribution < -0.4 is 5.73 Å². The van der Waals surface area contributed by atoms with Crippen molar-refractivity contribution >= 4 is 0 Å². The van der Waals surface area contributed by atoms with E-state index in [1.165, 1.54) is 5.56 Å². The van der Waals surface area contributed by atoms with Gasteiger partial charge in [-0.1, -0.05) is 19.9 Å². The van der Waals surface area contributed by atoms with Crippen LogP contribution >= 0.6 is 0 Å². The number of rotatable bonds is 9. The van der Waals surface area contributed by atoms with Crippen molar-refractivity contribution in [1.82, 2.24) is 4.98 Å². The molecular weight excluding hydrogens is 224 g/mol. The van der Waals surface area contributed by atoms with Crippen LogP contribution in [0.15, 0.2) is 24.5 Å². The largest absolute Gasteiger partial charge is 0.381 e. The summed E-state index contributed by atoms with van der Waals surface area (Å²) in [6.07, 6.45) is 6.98. The summed E-state index contributed by atoms with van der Waals surface area (Å²) < 4.78 is 5.70. The Kier molecular flexibility index (Phi) is 7.62. The molecule has 1 rings (SSSR count). The Morgan fingerprint density at radius 3 is 2.83 bits per heavy atom. The zero-order chi connectivity index (χ0) is 13.2. The first-order valence-corrected chi connectivity index (χ1v) is 6.89. The number of nitrogens with zero attached hydrogens (tertiary/aromatic N) is 1. The first-order chi connectivity index (χ1) is 8.72. The number of ether oxygens (including phenoxy) is 1. The second-order valence-electron chi connectivity index (χ2n) is 5.22. The van der Waals surface area contributed by atoms with Gasteiger partial charge in [-0.05, 0) is 49.3 Å². The molecule has 0 saturated carbocycles. The SMILES string of the molecule is CC(CN)CC(C)COCCCc1cccnc1. The lowest BCUT2D eigenvalue weighted by atomic mass is 9.98. The maximum atomic E-state index is 5.70. The highest BCUT2D eigenvalue weighted by molar-refractivity contribution is 5.08. The summed E-state index contributed by atoms with van der Waals surface area (Å²) in [5, 5.41) is 0. The molecule has 0 amide bonds. The van der Waals surface area contributed by atoms with Crippen molar-refractivity contribution in [3.63, 3.8) is 0 Å². The van der Waals surface area contributed by atoms with Crippen LogP contribution in [0.3, 0.4) is 0 Å². The van der Waals surface area contributed by atoms with Crippen LogP contribution in [0, 0.1) is 11.8 Å². The number of hydrogen-bond donors (Lipinski definition) is 1. The molecular formula is C15H26N2O. The first kappa shape index (κ1) is 15.1. The molecule has 0 radical (unpaired) electrons. The minimum Gasteiger partial charge on any atom is -0.381 e. The van der Waals surface area contributed by atoms with Gasteiger partial charge in [0.05, 0.1) is 0 Å². The van der Waals surface area contributed by atoms with Gasteiger partial charge in [-0.3, -0.25) is 4.98 Å². The van der Waals surface area contributed by atoms with Crippen LogP contribution in [-0.4, -0.2) is 24.7 Å². The smallest absolute Gasteiger partial charge is 0.0491 e. The van der Waals surface area contributed by atoms with Gasteiger partial charge in [0.25, 0.3) is 0 Å². The first-order valence-electron chi connectivity index (χ1n) is 6.89. The van der Waals surface area contributed by atoms with Crippen LogP contribution in [0.25, 0.3) is 0 Å². The molecule has 0 aliphatic rings. The van der Waals surface area contributed by atoms with Crippen LogP contribution in [0.5, 0.6) is 0 Å². The average molecular weight is 250 g/mol. The maximum Gasteiger partial charge on any atom is 0.0491 e. The van der Waals surface area contributed by atoms with Gasteiger partial charge in [0.15, 0.2) is 0 Å². The second kappa shape index (κ2) is 9.06. The molecule has 1 aromatic heterocycles. The average Bonchev–Trinajstić information content (AvgIpc) is 2.39. The van der Waals surface area contributed by atoms with Crippen molar-refractivity contribution in [1.29, 1.82) is 0 Å². The number of aryl methyl sites for hydroxylation is 1. The van der Waals surface area contributed by atoms with Crippen molar-refractivity contribution in [3.8, 4) is 0 Å². The fraction of sp³-hybridized carbons (Fsp3) is 0.667. The molecule has 0 aliphatic carbocycles. The van der Waals surface area contributed by atoms with Crippen molar-refractivity contribution in [3.05, 3.63) is 30.1 Å². The van der Waals surface area contributed by atoms with Gasteiger partial charge in [0.1, 0.15) is 0 Å². The minimum atomic E-state index is 0.596. The Bertz CT molecular complexity index is 303. The highest BCUT2D eigenvalue weighted by atomic mass is 16.5. The Hall–Kier alpha value is -0.930. The molecule has 0 aromatic carbocycles. The molecule has 1 heterocycles. The van der Waals surface area contributed by atoms with E-state index >= 15 is 0 Å². The van der Waals surface area contributed by atoms with Crippen molar-refractivity contribution in [2.45, 2.75) is 33.1 Å². The standard InChI is InChI=1S/C15H26N2O/c1-13(10-16)9-14(2)12-18-8-4-6-15-5-3-7-17-11-15/h3,5,7,11,13-14H,4,6,8-10,12,16H2,1-2H3. The molecule has 0 spiro atoms. The van der Waals surface area contributed by atoms with Crippen LogP contribution in [0.2, 0.25) is 0 Å². The summed E-state index contributed by atoms with van der Waals surface area (Å²) in [7, 11) is 0. The van der Waals surface area contributed by atoms with Gasteiger partial charge in [0.2, 0.25) is 0 Å². The molecule has 3 nitrogen and oxygen atoms in total. The topological polar surface area (TPSA) is 48.1 Å². The van der Waals surface area contributed by atoms with Crippen molar-refractivity contribution in [2.75, 3.05) is 19.8 Å². The molecule has 0 fully saturated rings. The monoisotopic (exact) mass is 250 g/mol. The summed E-state index contributed by atoms with van der Waals surface area (Å²) in [5.74, 6) is 1.20. The maximum absolute atomic E-state index is 5.70. The van der Waals surface area contributed by atoms with E-state index in [-0.39, 0.29) is 0 Å². The number of nitrogens with two attached hydrogens (primary N) is 1. The summed E-state index contributed by atoms with van der Waals surface area (Å²) >= 11 is 0. The molecule has 18 heavy (non-hydrogen) atoms. The predicted octanol–water partition coefficient (Wildman–Crippen LogP) is 2.65. The van der Waals surface area contributed by atoms with Crippen LogP contribution in [-0.2, 0) is 11.2 Å². The quantitative estimate of drug-likeness (QED) is 0.685. The third-order valence-corrected chi connectivity index (χ3v) is 3.09. The third-order valence-electron chi connectivity index (χ3n) is 3.09. The van der Waals surface area contributed by atoms with Gasteiger partial charge in [-0.15, -0.1) is 0 Å². The van der Waals surface area contributed by atoms with Crippen molar-refractivity contribution < 1.29 is 4.74 Å². The summed E-state index contributed by atoms with van der Waals surface area (Å²) in [6, 6.07) is 4.09. The number of aromatic nitrogens is 1. The van der Waals surface area contributed by atoms with Gasteiger partial charge in [0, 0.05) is 25.6 Å². The molecule has 0 saturated heterocycles. The molecule has 0 aliphatic heterocycles. The highest BCUT2D eigenvalue weighted by Crippen LogP contribution is 2.11. The Morgan fingerprint density at radius 1 is 1.33 bits per heavy atom. The summed E-state index contributed by atoms with van der Waals surface area (Å²) in [6.45, 7) is 6.87. The molecule has 3 heteroatoms. The fourth-order valence-electron chi connectivity index (χ4n) is 2.06. The lowest BCUT2D eigenvalue weighted by Crippen LogP contribution is -2.17. The zero-order valence-electron chi connectivity index (χ0n) is 11.6. The van der Waals surface area contributed by atoms with E-state index in [4.69, 9.17) is 10.5 Å². The van der Waals surface area contributed by atoms with Crippen LogP contribution in [0.1, 0.15) is 32.3 Å². The molecule has 1 aromatic rings. The van der Waals surface area contributed by atoms with E-state index in [9.17, 15) is 0 Å². The Balaban J connectivity index is 2.02. The Labute approximate surface area is 111 Å². The van der Waals surface area contributed by atoms with E-state index in [2.05, 4.69) is 24.9 Å². The predicted molar refractivity (Wildman–Crippen MR) is 75.4 cm³/mol. The fourth-order valence-corrected chi connectivity index (χ4v) is 2.06. The highest BCUT2D eigenvalue weighted by Gasteiger charge is 2.07. The number of pyridine rings is 1. The lowest BCUT2D eigenvalue weighted by Gasteiger charge is -2.15. The van der Waals surface area contributed by atoms with E-state index in [0.717, 1.165) is 39.0 Å².